The maximum absolute atomic E-state index is 11.8. The largest absolute Gasteiger partial charge is 0.467 e. The third-order valence-corrected chi connectivity index (χ3v) is 2.25. The molecule has 0 aliphatic carbocycles. The number of methoxy groups -OCH3 is 1. The fraction of sp³-hybridized carbons (Fsp3) is 0.250. The maximum atomic E-state index is 11.8. The molecule has 1 N–H and O–H groups in total. The third-order valence-electron chi connectivity index (χ3n) is 2.25. The minimum Gasteiger partial charge on any atom is -0.467 e. The molecule has 0 fully saturated rings. The molecule has 1 aromatic carbocycles. The van der Waals surface area contributed by atoms with Gasteiger partial charge in [-0.3, -0.25) is 4.79 Å². The first-order valence-electron chi connectivity index (χ1n) is 4.96. The lowest BCUT2D eigenvalue weighted by atomic mass is 10.0. The molecule has 0 saturated heterocycles. The monoisotopic (exact) mass is 235 g/mol. The van der Waals surface area contributed by atoms with Crippen molar-refractivity contribution in [3.05, 3.63) is 35.9 Å². The van der Waals surface area contributed by atoms with E-state index < -0.39 is 17.4 Å². The molecule has 0 radical (unpaired) electrons. The molecule has 0 aliphatic rings. The van der Waals surface area contributed by atoms with Crippen LogP contribution in [0.15, 0.2) is 30.3 Å². The first kappa shape index (κ1) is 12.9. The van der Waals surface area contributed by atoms with Crippen molar-refractivity contribution >= 4 is 18.2 Å². The zero-order valence-electron chi connectivity index (χ0n) is 9.60. The standard InChI is InChI=1S/C12H13NO4/c1-12(8-14,11(16)17-2)13-10(15)9-6-4-3-5-7-9/h3-8H,1-2H3,(H,13,15). The topological polar surface area (TPSA) is 72.5 Å². The number of esters is 1. The normalized spacial score (nSPS) is 13.3. The Balaban J connectivity index is 2.87. The number of nitrogens with one attached hydrogen (secondary N) is 1. The second kappa shape index (κ2) is 5.25. The van der Waals surface area contributed by atoms with Crippen LogP contribution in [0.3, 0.4) is 0 Å². The summed E-state index contributed by atoms with van der Waals surface area (Å²) in [5, 5.41) is 2.33. The summed E-state index contributed by atoms with van der Waals surface area (Å²) in [5.74, 6) is -1.32. The molecule has 0 aromatic heterocycles. The van der Waals surface area contributed by atoms with Gasteiger partial charge >= 0.3 is 5.97 Å². The Hall–Kier alpha value is -2.17. The van der Waals surface area contributed by atoms with E-state index in [0.29, 0.717) is 11.8 Å². The Morgan fingerprint density at radius 1 is 1.29 bits per heavy atom. The molecule has 90 valence electrons. The fourth-order valence-corrected chi connectivity index (χ4v) is 1.24. The second-order valence-corrected chi connectivity index (χ2v) is 3.63. The van der Waals surface area contributed by atoms with E-state index in [1.807, 2.05) is 0 Å². The van der Waals surface area contributed by atoms with Crippen LogP contribution >= 0.6 is 0 Å². The highest BCUT2D eigenvalue weighted by Crippen LogP contribution is 2.06. The molecule has 17 heavy (non-hydrogen) atoms. The predicted octanol–water partition coefficient (Wildman–Crippen LogP) is 0.547. The van der Waals surface area contributed by atoms with Crippen LogP contribution in [0, 0.1) is 0 Å². The summed E-state index contributed by atoms with van der Waals surface area (Å²) in [6.07, 6.45) is 0.347. The Morgan fingerprint density at radius 3 is 2.35 bits per heavy atom. The average molecular weight is 235 g/mol. The van der Waals surface area contributed by atoms with Gasteiger partial charge in [0.2, 0.25) is 0 Å². The van der Waals surface area contributed by atoms with Crippen LogP contribution in [-0.2, 0) is 14.3 Å². The summed E-state index contributed by atoms with van der Waals surface area (Å²) >= 11 is 0. The summed E-state index contributed by atoms with van der Waals surface area (Å²) < 4.78 is 4.46. The highest BCUT2D eigenvalue weighted by Gasteiger charge is 2.36. The number of rotatable bonds is 4. The number of hydrogen-bond acceptors (Lipinski definition) is 4. The smallest absolute Gasteiger partial charge is 0.338 e. The molecule has 1 unspecified atom stereocenters. The van der Waals surface area contributed by atoms with Gasteiger partial charge in [-0.15, -0.1) is 0 Å². The molecule has 0 heterocycles. The van der Waals surface area contributed by atoms with E-state index in [1.54, 1.807) is 30.3 Å². The van der Waals surface area contributed by atoms with Crippen molar-refractivity contribution in [3.63, 3.8) is 0 Å². The zero-order valence-corrected chi connectivity index (χ0v) is 9.60. The molecule has 1 atom stereocenters. The van der Waals surface area contributed by atoms with E-state index in [2.05, 4.69) is 10.1 Å². The first-order chi connectivity index (χ1) is 8.03. The van der Waals surface area contributed by atoms with Crippen LogP contribution in [0.1, 0.15) is 17.3 Å². The Bertz CT molecular complexity index is 429. The number of hydrogen-bond donors (Lipinski definition) is 1. The number of aldehydes is 1. The molecule has 0 aliphatic heterocycles. The summed E-state index contributed by atoms with van der Waals surface area (Å²) in [6, 6.07) is 8.29. The number of benzene rings is 1. The zero-order chi connectivity index (χ0) is 12.9. The van der Waals surface area contributed by atoms with E-state index >= 15 is 0 Å². The van der Waals surface area contributed by atoms with Gasteiger partial charge in [0.05, 0.1) is 7.11 Å². The Kier molecular flexibility index (Phi) is 3.98. The minimum atomic E-state index is -1.67. The van der Waals surface area contributed by atoms with Crippen LogP contribution in [-0.4, -0.2) is 30.8 Å². The summed E-state index contributed by atoms with van der Waals surface area (Å²) in [4.78, 5) is 34.0. The lowest BCUT2D eigenvalue weighted by molar-refractivity contribution is -0.149. The molecule has 0 bridgehead atoms. The molecule has 1 rings (SSSR count). The van der Waals surface area contributed by atoms with Gasteiger partial charge in [-0.25, -0.2) is 4.79 Å². The average Bonchev–Trinajstić information content (AvgIpc) is 2.38. The molecule has 1 aromatic rings. The van der Waals surface area contributed by atoms with Gasteiger partial charge in [0.25, 0.3) is 5.91 Å². The van der Waals surface area contributed by atoms with Gasteiger partial charge in [-0.05, 0) is 19.1 Å². The van der Waals surface area contributed by atoms with Crippen molar-refractivity contribution in [2.75, 3.05) is 7.11 Å². The predicted molar refractivity (Wildman–Crippen MR) is 60.4 cm³/mol. The summed E-state index contributed by atoms with van der Waals surface area (Å²) in [6.45, 7) is 1.28. The maximum Gasteiger partial charge on any atom is 0.338 e. The van der Waals surface area contributed by atoms with E-state index in [4.69, 9.17) is 0 Å². The number of ether oxygens (including phenoxy) is 1. The van der Waals surface area contributed by atoms with Crippen molar-refractivity contribution in [1.29, 1.82) is 0 Å². The highest BCUT2D eigenvalue weighted by atomic mass is 16.5. The number of carbonyl (C=O) groups is 3. The second-order valence-electron chi connectivity index (χ2n) is 3.63. The lowest BCUT2D eigenvalue weighted by Crippen LogP contribution is -2.54. The first-order valence-corrected chi connectivity index (χ1v) is 4.96. The fourth-order valence-electron chi connectivity index (χ4n) is 1.24. The Labute approximate surface area is 98.8 Å². The highest BCUT2D eigenvalue weighted by molar-refractivity contribution is 6.05. The van der Waals surface area contributed by atoms with Gasteiger partial charge in [-0.1, -0.05) is 18.2 Å². The third kappa shape index (κ3) is 2.90. The summed E-state index contributed by atoms with van der Waals surface area (Å²) in [5.41, 5.74) is -1.30. The van der Waals surface area contributed by atoms with Crippen molar-refractivity contribution in [2.45, 2.75) is 12.5 Å². The van der Waals surface area contributed by atoms with E-state index in [0.717, 1.165) is 7.11 Å². The van der Waals surface area contributed by atoms with Crippen molar-refractivity contribution in [2.24, 2.45) is 0 Å². The number of amides is 1. The van der Waals surface area contributed by atoms with Gasteiger partial charge in [0, 0.05) is 5.56 Å². The lowest BCUT2D eigenvalue weighted by Gasteiger charge is -2.21. The van der Waals surface area contributed by atoms with Gasteiger partial charge < -0.3 is 14.8 Å². The molecular formula is C12H13NO4. The van der Waals surface area contributed by atoms with Crippen LogP contribution < -0.4 is 5.32 Å². The van der Waals surface area contributed by atoms with Crippen molar-refractivity contribution in [1.82, 2.24) is 5.32 Å². The van der Waals surface area contributed by atoms with Gasteiger partial charge in [-0.2, -0.15) is 0 Å². The van der Waals surface area contributed by atoms with Crippen LogP contribution in [0.4, 0.5) is 0 Å². The van der Waals surface area contributed by atoms with Gasteiger partial charge in [0.15, 0.2) is 11.8 Å². The Morgan fingerprint density at radius 2 is 1.88 bits per heavy atom. The van der Waals surface area contributed by atoms with E-state index in [9.17, 15) is 14.4 Å². The van der Waals surface area contributed by atoms with E-state index in [1.165, 1.54) is 6.92 Å². The molecule has 1 amide bonds. The van der Waals surface area contributed by atoms with Crippen LogP contribution in [0.5, 0.6) is 0 Å². The number of carbonyl (C=O) groups excluding carboxylic acids is 3. The van der Waals surface area contributed by atoms with E-state index in [-0.39, 0.29) is 0 Å². The summed E-state index contributed by atoms with van der Waals surface area (Å²) in [7, 11) is 1.15. The molecular weight excluding hydrogens is 222 g/mol. The quantitative estimate of drug-likeness (QED) is 0.470. The van der Waals surface area contributed by atoms with Crippen molar-refractivity contribution < 1.29 is 19.1 Å². The molecule has 5 heteroatoms. The van der Waals surface area contributed by atoms with Gasteiger partial charge in [0.1, 0.15) is 0 Å². The van der Waals surface area contributed by atoms with Crippen LogP contribution in [0.25, 0.3) is 0 Å². The van der Waals surface area contributed by atoms with Crippen molar-refractivity contribution in [3.8, 4) is 0 Å². The molecule has 0 spiro atoms. The van der Waals surface area contributed by atoms with Crippen LogP contribution in [0.2, 0.25) is 0 Å². The molecule has 5 nitrogen and oxygen atoms in total. The molecule has 0 saturated carbocycles. The minimum absolute atomic E-state index is 0.347. The SMILES string of the molecule is COC(=O)C(C)(C=O)NC(=O)c1ccccc1.